The second-order valence-corrected chi connectivity index (χ2v) is 6.51. The van der Waals surface area contributed by atoms with Crippen molar-refractivity contribution in [2.75, 3.05) is 6.61 Å². The largest absolute Gasteiger partial charge is 0.453 e. The van der Waals surface area contributed by atoms with Gasteiger partial charge in [0.15, 0.2) is 6.10 Å². The van der Waals surface area contributed by atoms with Crippen LogP contribution < -0.4 is 0 Å². The Hall–Kier alpha value is -1.22. The number of carbonyl (C=O) groups is 2. The van der Waals surface area contributed by atoms with Crippen molar-refractivity contribution in [3.05, 3.63) is 0 Å². The molecule has 8 nitrogen and oxygen atoms in total. The molecule has 8 heteroatoms. The van der Waals surface area contributed by atoms with Gasteiger partial charge >= 0.3 is 11.9 Å². The lowest BCUT2D eigenvalue weighted by Gasteiger charge is -2.41. The van der Waals surface area contributed by atoms with Gasteiger partial charge in [0, 0.05) is 6.42 Å². The summed E-state index contributed by atoms with van der Waals surface area (Å²) in [4.78, 5) is 23.9. The van der Waals surface area contributed by atoms with Crippen LogP contribution in [0.2, 0.25) is 0 Å². The molecule has 1 saturated heterocycles. The van der Waals surface area contributed by atoms with E-state index < -0.39 is 55.2 Å². The number of aliphatic hydroxyl groups is 3. The van der Waals surface area contributed by atoms with Gasteiger partial charge in [0.2, 0.25) is 6.29 Å². The Morgan fingerprint density at radius 2 is 1.75 bits per heavy atom. The van der Waals surface area contributed by atoms with Gasteiger partial charge in [-0.2, -0.15) is 0 Å². The normalized spacial score (nSPS) is 31.6. The summed E-state index contributed by atoms with van der Waals surface area (Å²) in [5, 5.41) is 29.4. The summed E-state index contributed by atoms with van der Waals surface area (Å²) >= 11 is 0. The van der Waals surface area contributed by atoms with E-state index in [4.69, 9.17) is 14.2 Å². The Kier molecular flexibility index (Phi) is 8.08. The maximum atomic E-state index is 12.0. The Balaban J connectivity index is 2.89. The molecule has 0 aliphatic carbocycles. The van der Waals surface area contributed by atoms with E-state index in [2.05, 4.69) is 0 Å². The molecule has 1 rings (SSSR count). The van der Waals surface area contributed by atoms with Gasteiger partial charge in [-0.15, -0.1) is 0 Å². The topological polar surface area (TPSA) is 123 Å². The molecule has 6 atom stereocenters. The van der Waals surface area contributed by atoms with Crippen molar-refractivity contribution in [3.8, 4) is 0 Å². The lowest BCUT2D eigenvalue weighted by atomic mass is 9.99. The van der Waals surface area contributed by atoms with Crippen molar-refractivity contribution in [2.45, 2.75) is 71.2 Å². The molecule has 140 valence electrons. The zero-order chi connectivity index (χ0) is 18.4. The summed E-state index contributed by atoms with van der Waals surface area (Å²) in [6.07, 6.45) is -6.26. The highest BCUT2D eigenvalue weighted by atomic mass is 16.7. The standard InChI is InChI=1S/C16H28O8/c1-5-9(4)15(21)24-16-14(23-11(18)6-8(2)3)13(20)12(19)10(7-17)22-16/h8-10,12-14,16-17,19-20H,5-7H2,1-4H3. The summed E-state index contributed by atoms with van der Waals surface area (Å²) in [6, 6.07) is 0. The average molecular weight is 348 g/mol. The smallest absolute Gasteiger partial charge is 0.311 e. The van der Waals surface area contributed by atoms with Crippen molar-refractivity contribution in [2.24, 2.45) is 11.8 Å². The molecule has 6 unspecified atom stereocenters. The molecule has 3 N–H and O–H groups in total. The molecule has 24 heavy (non-hydrogen) atoms. The van der Waals surface area contributed by atoms with E-state index in [1.54, 1.807) is 6.92 Å². The molecule has 1 aliphatic rings. The summed E-state index contributed by atoms with van der Waals surface area (Å²) in [7, 11) is 0. The number of rotatable bonds is 7. The molecule has 0 saturated carbocycles. The van der Waals surface area contributed by atoms with Crippen LogP contribution in [0.4, 0.5) is 0 Å². The average Bonchev–Trinajstić information content (AvgIpc) is 2.52. The third-order valence-corrected chi connectivity index (χ3v) is 3.91. The van der Waals surface area contributed by atoms with Crippen LogP contribution in [0.15, 0.2) is 0 Å². The summed E-state index contributed by atoms with van der Waals surface area (Å²) in [5.41, 5.74) is 0. The summed E-state index contributed by atoms with van der Waals surface area (Å²) < 4.78 is 15.7. The lowest BCUT2D eigenvalue weighted by Crippen LogP contribution is -2.61. The first-order valence-electron chi connectivity index (χ1n) is 8.23. The Labute approximate surface area is 141 Å². The van der Waals surface area contributed by atoms with Gasteiger partial charge in [-0.25, -0.2) is 0 Å². The van der Waals surface area contributed by atoms with E-state index in [1.807, 2.05) is 20.8 Å². The van der Waals surface area contributed by atoms with E-state index in [9.17, 15) is 24.9 Å². The van der Waals surface area contributed by atoms with Gasteiger partial charge in [0.1, 0.15) is 18.3 Å². The van der Waals surface area contributed by atoms with Crippen LogP contribution in [-0.2, 0) is 23.8 Å². The van der Waals surface area contributed by atoms with Gasteiger partial charge in [0.05, 0.1) is 12.5 Å². The zero-order valence-electron chi connectivity index (χ0n) is 14.5. The van der Waals surface area contributed by atoms with Crippen molar-refractivity contribution in [1.82, 2.24) is 0 Å². The monoisotopic (exact) mass is 348 g/mol. The number of aliphatic hydroxyl groups excluding tert-OH is 3. The molecule has 1 aliphatic heterocycles. The fourth-order valence-corrected chi connectivity index (χ4v) is 2.21. The van der Waals surface area contributed by atoms with E-state index in [1.165, 1.54) is 0 Å². The quantitative estimate of drug-likeness (QED) is 0.548. The van der Waals surface area contributed by atoms with E-state index in [-0.39, 0.29) is 12.3 Å². The highest BCUT2D eigenvalue weighted by Gasteiger charge is 2.48. The molecular weight excluding hydrogens is 320 g/mol. The Morgan fingerprint density at radius 1 is 1.12 bits per heavy atom. The Morgan fingerprint density at radius 3 is 2.25 bits per heavy atom. The lowest BCUT2D eigenvalue weighted by molar-refractivity contribution is -0.297. The predicted molar refractivity (Wildman–Crippen MR) is 82.6 cm³/mol. The van der Waals surface area contributed by atoms with Crippen molar-refractivity contribution in [1.29, 1.82) is 0 Å². The Bertz CT molecular complexity index is 424. The third-order valence-electron chi connectivity index (χ3n) is 3.91. The van der Waals surface area contributed by atoms with Crippen LogP contribution in [-0.4, -0.2) is 64.6 Å². The minimum atomic E-state index is -1.54. The van der Waals surface area contributed by atoms with Crippen LogP contribution in [0.3, 0.4) is 0 Å². The number of hydrogen-bond acceptors (Lipinski definition) is 8. The van der Waals surface area contributed by atoms with Gasteiger partial charge < -0.3 is 29.5 Å². The number of ether oxygens (including phenoxy) is 3. The maximum absolute atomic E-state index is 12.0. The first kappa shape index (κ1) is 20.8. The molecule has 0 amide bonds. The fraction of sp³-hybridized carbons (Fsp3) is 0.875. The predicted octanol–water partition coefficient (Wildman–Crippen LogP) is -0.0274. The third kappa shape index (κ3) is 5.41. The van der Waals surface area contributed by atoms with Crippen LogP contribution in [0.1, 0.15) is 40.5 Å². The number of esters is 2. The minimum absolute atomic E-state index is 0.0374. The van der Waals surface area contributed by atoms with Crippen molar-refractivity contribution < 1.29 is 39.1 Å². The van der Waals surface area contributed by atoms with Gasteiger partial charge in [0.25, 0.3) is 0 Å². The SMILES string of the molecule is CCC(C)C(=O)OC1OC(CO)C(O)C(O)C1OC(=O)CC(C)C. The molecule has 0 radical (unpaired) electrons. The number of carbonyl (C=O) groups excluding carboxylic acids is 2. The maximum Gasteiger partial charge on any atom is 0.311 e. The fourth-order valence-electron chi connectivity index (χ4n) is 2.21. The second kappa shape index (κ2) is 9.31. The summed E-state index contributed by atoms with van der Waals surface area (Å²) in [6.45, 7) is 6.54. The van der Waals surface area contributed by atoms with E-state index in [0.717, 1.165) is 0 Å². The molecule has 0 spiro atoms. The second-order valence-electron chi connectivity index (χ2n) is 6.51. The van der Waals surface area contributed by atoms with E-state index >= 15 is 0 Å². The molecule has 0 aromatic rings. The highest BCUT2D eigenvalue weighted by Crippen LogP contribution is 2.26. The van der Waals surface area contributed by atoms with Gasteiger partial charge in [-0.3, -0.25) is 9.59 Å². The zero-order valence-corrected chi connectivity index (χ0v) is 14.5. The van der Waals surface area contributed by atoms with Crippen LogP contribution in [0.5, 0.6) is 0 Å². The minimum Gasteiger partial charge on any atom is -0.453 e. The van der Waals surface area contributed by atoms with Crippen molar-refractivity contribution >= 4 is 11.9 Å². The van der Waals surface area contributed by atoms with Crippen molar-refractivity contribution in [3.63, 3.8) is 0 Å². The molecule has 1 fully saturated rings. The van der Waals surface area contributed by atoms with Crippen LogP contribution >= 0.6 is 0 Å². The number of hydrogen-bond donors (Lipinski definition) is 3. The molecule has 1 heterocycles. The van der Waals surface area contributed by atoms with Gasteiger partial charge in [-0.05, 0) is 12.3 Å². The first-order valence-corrected chi connectivity index (χ1v) is 8.23. The molecule has 0 aromatic carbocycles. The van der Waals surface area contributed by atoms with Gasteiger partial charge in [-0.1, -0.05) is 27.7 Å². The van der Waals surface area contributed by atoms with E-state index in [0.29, 0.717) is 6.42 Å². The molecule has 0 bridgehead atoms. The molecule has 0 aromatic heterocycles. The highest BCUT2D eigenvalue weighted by molar-refractivity contribution is 5.72. The molecular formula is C16H28O8. The van der Waals surface area contributed by atoms with Crippen LogP contribution in [0.25, 0.3) is 0 Å². The first-order chi connectivity index (χ1) is 11.2. The summed E-state index contributed by atoms with van der Waals surface area (Å²) in [5.74, 6) is -1.54. The van der Waals surface area contributed by atoms with Crippen LogP contribution in [0, 0.1) is 11.8 Å².